The van der Waals surface area contributed by atoms with E-state index >= 15 is 0 Å². The van der Waals surface area contributed by atoms with Gasteiger partial charge in [0.15, 0.2) is 0 Å². The van der Waals surface area contributed by atoms with Crippen molar-refractivity contribution in [2.75, 3.05) is 18.8 Å². The third-order valence-electron chi connectivity index (χ3n) is 3.33. The molecule has 1 aromatic rings. The Kier molecular flexibility index (Phi) is 4.44. The van der Waals surface area contributed by atoms with Crippen molar-refractivity contribution in [2.24, 2.45) is 0 Å². The van der Waals surface area contributed by atoms with Gasteiger partial charge in [0.05, 0.1) is 22.5 Å². The Hall–Kier alpha value is -1.11. The van der Waals surface area contributed by atoms with E-state index in [0.29, 0.717) is 18.7 Å². The Bertz CT molecular complexity index is 439. The Balaban J connectivity index is 1.84. The number of aliphatic hydroxyl groups is 2. The van der Waals surface area contributed by atoms with Crippen LogP contribution in [0.25, 0.3) is 0 Å². The van der Waals surface area contributed by atoms with E-state index in [1.165, 1.54) is 11.8 Å². The summed E-state index contributed by atoms with van der Waals surface area (Å²) in [7, 11) is 0. The van der Waals surface area contributed by atoms with Crippen molar-refractivity contribution in [3.8, 4) is 0 Å². The van der Waals surface area contributed by atoms with Crippen LogP contribution in [0.15, 0.2) is 29.4 Å². The zero-order valence-corrected chi connectivity index (χ0v) is 11.6. The second-order valence-corrected chi connectivity index (χ2v) is 5.92. The van der Waals surface area contributed by atoms with E-state index in [4.69, 9.17) is 0 Å². The molecule has 2 heterocycles. The van der Waals surface area contributed by atoms with E-state index < -0.39 is 11.7 Å². The van der Waals surface area contributed by atoms with Crippen molar-refractivity contribution < 1.29 is 15.0 Å². The van der Waals surface area contributed by atoms with Gasteiger partial charge in [-0.2, -0.15) is 0 Å². The van der Waals surface area contributed by atoms with Gasteiger partial charge in [-0.05, 0) is 25.5 Å². The molecule has 2 rings (SSSR count). The number of thioether (sulfide) groups is 1. The summed E-state index contributed by atoms with van der Waals surface area (Å²) >= 11 is 1.38. The number of aliphatic hydroxyl groups excluding tert-OH is 1. The molecule has 0 bridgehead atoms. The molecule has 1 aromatic heterocycles. The number of hydrogen-bond acceptors (Lipinski definition) is 5. The first-order valence-electron chi connectivity index (χ1n) is 6.21. The zero-order valence-electron chi connectivity index (χ0n) is 10.8. The molecule has 1 aliphatic rings. The van der Waals surface area contributed by atoms with Gasteiger partial charge in [0.25, 0.3) is 0 Å². The minimum atomic E-state index is -1.09. The highest BCUT2D eigenvalue weighted by Gasteiger charge is 2.37. The topological polar surface area (TPSA) is 73.7 Å². The first-order chi connectivity index (χ1) is 8.99. The molecule has 1 amide bonds. The van der Waals surface area contributed by atoms with E-state index in [1.54, 1.807) is 18.0 Å². The van der Waals surface area contributed by atoms with Gasteiger partial charge in [0.1, 0.15) is 0 Å². The number of hydrogen-bond donors (Lipinski definition) is 2. The minimum absolute atomic E-state index is 0.0368. The predicted molar refractivity (Wildman–Crippen MR) is 72.8 cm³/mol. The first kappa shape index (κ1) is 14.3. The fourth-order valence-electron chi connectivity index (χ4n) is 1.91. The van der Waals surface area contributed by atoms with E-state index in [2.05, 4.69) is 4.98 Å². The van der Waals surface area contributed by atoms with Crippen LogP contribution in [0, 0.1) is 0 Å². The van der Waals surface area contributed by atoms with Gasteiger partial charge in [-0.25, -0.2) is 4.98 Å². The average molecular weight is 282 g/mol. The number of pyridine rings is 1. The lowest BCUT2D eigenvalue weighted by atomic mass is 9.91. The fraction of sp³-hybridized carbons (Fsp3) is 0.538. The third-order valence-corrected chi connectivity index (χ3v) is 4.26. The first-order valence-corrected chi connectivity index (χ1v) is 7.19. The third kappa shape index (κ3) is 3.68. The van der Waals surface area contributed by atoms with Crippen molar-refractivity contribution in [2.45, 2.75) is 30.1 Å². The number of carbonyl (C=O) groups excluding carboxylic acids is 1. The molecule has 1 fully saturated rings. The molecular formula is C13H18N2O3S. The number of piperidine rings is 1. The molecule has 0 unspecified atom stereocenters. The summed E-state index contributed by atoms with van der Waals surface area (Å²) in [6.45, 7) is 2.27. The van der Waals surface area contributed by atoms with Crippen LogP contribution in [0.5, 0.6) is 0 Å². The fourth-order valence-corrected chi connectivity index (χ4v) is 2.67. The van der Waals surface area contributed by atoms with E-state index in [0.717, 1.165) is 5.03 Å². The molecule has 6 heteroatoms. The van der Waals surface area contributed by atoms with Crippen LogP contribution in [0.1, 0.15) is 13.3 Å². The minimum Gasteiger partial charge on any atom is -0.388 e. The lowest BCUT2D eigenvalue weighted by Crippen LogP contribution is -2.55. The van der Waals surface area contributed by atoms with E-state index in [9.17, 15) is 15.0 Å². The maximum Gasteiger partial charge on any atom is 0.233 e. The highest BCUT2D eigenvalue weighted by atomic mass is 32.2. The maximum atomic E-state index is 12.0. The van der Waals surface area contributed by atoms with Crippen LogP contribution >= 0.6 is 11.8 Å². The summed E-state index contributed by atoms with van der Waals surface area (Å²) in [4.78, 5) is 17.7. The molecule has 1 aliphatic heterocycles. The van der Waals surface area contributed by atoms with Gasteiger partial charge in [0.2, 0.25) is 5.91 Å². The lowest BCUT2D eigenvalue weighted by Gasteiger charge is -2.39. The van der Waals surface area contributed by atoms with Gasteiger partial charge < -0.3 is 15.1 Å². The highest BCUT2D eigenvalue weighted by molar-refractivity contribution is 7.99. The molecule has 0 saturated carbocycles. The van der Waals surface area contributed by atoms with Gasteiger partial charge >= 0.3 is 0 Å². The molecule has 0 radical (unpaired) electrons. The molecule has 1 saturated heterocycles. The molecule has 0 spiro atoms. The number of nitrogens with zero attached hydrogens (tertiary/aromatic N) is 2. The Morgan fingerprint density at radius 2 is 2.42 bits per heavy atom. The number of carbonyl (C=O) groups is 1. The van der Waals surface area contributed by atoms with Crippen LogP contribution < -0.4 is 0 Å². The molecule has 2 N–H and O–H groups in total. The molecule has 2 atom stereocenters. The van der Waals surface area contributed by atoms with Crippen LogP contribution in [-0.4, -0.2) is 56.6 Å². The van der Waals surface area contributed by atoms with E-state index in [-0.39, 0.29) is 12.5 Å². The van der Waals surface area contributed by atoms with Gasteiger partial charge in [-0.1, -0.05) is 17.8 Å². The molecule has 19 heavy (non-hydrogen) atoms. The second kappa shape index (κ2) is 5.90. The van der Waals surface area contributed by atoms with E-state index in [1.807, 2.05) is 18.2 Å². The summed E-state index contributed by atoms with van der Waals surface area (Å²) in [5.74, 6) is 0.261. The monoisotopic (exact) mass is 282 g/mol. The molecule has 104 valence electrons. The summed E-state index contributed by atoms with van der Waals surface area (Å²) in [6.07, 6.45) is 1.20. The van der Waals surface area contributed by atoms with Crippen molar-refractivity contribution >= 4 is 17.7 Å². The van der Waals surface area contributed by atoms with Crippen LogP contribution in [0.3, 0.4) is 0 Å². The number of rotatable bonds is 3. The van der Waals surface area contributed by atoms with Crippen molar-refractivity contribution in [3.05, 3.63) is 24.4 Å². The molecular weight excluding hydrogens is 264 g/mol. The molecule has 0 aliphatic carbocycles. The van der Waals surface area contributed by atoms with Crippen LogP contribution in [0.2, 0.25) is 0 Å². The van der Waals surface area contributed by atoms with Crippen molar-refractivity contribution in [1.29, 1.82) is 0 Å². The molecule has 0 aromatic carbocycles. The SMILES string of the molecule is C[C@@]1(O)CCN(C(=O)CSc2ccccn2)C[C@@H]1O. The van der Waals surface area contributed by atoms with Gasteiger partial charge in [-0.3, -0.25) is 4.79 Å². The number of amides is 1. The lowest BCUT2D eigenvalue weighted by molar-refractivity contribution is -0.143. The Morgan fingerprint density at radius 3 is 3.05 bits per heavy atom. The number of β-amino-alcohol motifs (C(OH)–C–C–N with tert-alkyl or cyclic N) is 1. The molecule has 5 nitrogen and oxygen atoms in total. The van der Waals surface area contributed by atoms with Crippen LogP contribution in [-0.2, 0) is 4.79 Å². The Morgan fingerprint density at radius 1 is 1.63 bits per heavy atom. The second-order valence-electron chi connectivity index (χ2n) is 4.92. The number of aromatic nitrogens is 1. The summed E-state index contributed by atoms with van der Waals surface area (Å²) in [5.41, 5.74) is -1.09. The van der Waals surface area contributed by atoms with Crippen molar-refractivity contribution in [3.63, 3.8) is 0 Å². The average Bonchev–Trinajstić information content (AvgIpc) is 2.40. The van der Waals surface area contributed by atoms with Crippen molar-refractivity contribution in [1.82, 2.24) is 9.88 Å². The Labute approximate surface area is 116 Å². The zero-order chi connectivity index (χ0) is 13.9. The summed E-state index contributed by atoms with van der Waals surface area (Å²) in [5, 5.41) is 20.4. The smallest absolute Gasteiger partial charge is 0.233 e. The predicted octanol–water partition coefficient (Wildman–Crippen LogP) is 0.518. The highest BCUT2D eigenvalue weighted by Crippen LogP contribution is 2.23. The standard InChI is InChI=1S/C13H18N2O3S/c1-13(18)5-7-15(8-10(13)16)12(17)9-19-11-4-2-3-6-14-11/h2-4,6,10,16,18H,5,7-9H2,1H3/t10-,13+/m0/s1. The quantitative estimate of drug-likeness (QED) is 0.791. The normalized spacial score (nSPS) is 27.3. The van der Waals surface area contributed by atoms with Gasteiger partial charge in [0, 0.05) is 19.3 Å². The summed E-state index contributed by atoms with van der Waals surface area (Å²) < 4.78 is 0. The van der Waals surface area contributed by atoms with Gasteiger partial charge in [-0.15, -0.1) is 0 Å². The number of likely N-dealkylation sites (tertiary alicyclic amines) is 1. The maximum absolute atomic E-state index is 12.0. The van der Waals surface area contributed by atoms with Crippen LogP contribution in [0.4, 0.5) is 0 Å². The largest absolute Gasteiger partial charge is 0.388 e. The summed E-state index contributed by atoms with van der Waals surface area (Å²) in [6, 6.07) is 5.56.